The number of hydrogen-bond acceptors (Lipinski definition) is 2. The van der Waals surface area contributed by atoms with Gasteiger partial charge in [-0.3, -0.25) is 4.79 Å². The van der Waals surface area contributed by atoms with Crippen LogP contribution in [0.2, 0.25) is 0 Å². The molecule has 0 heterocycles. The summed E-state index contributed by atoms with van der Waals surface area (Å²) in [6.45, 7) is 6.61. The van der Waals surface area contributed by atoms with Crippen molar-refractivity contribution in [2.45, 2.75) is 46.1 Å². The van der Waals surface area contributed by atoms with Crippen LogP contribution in [0.3, 0.4) is 0 Å². The SMILES string of the molecule is Cc1ccc(N(CC(=O)O)C2CCCC2(C)C)cc1. The molecule has 0 aromatic heterocycles. The van der Waals surface area contributed by atoms with E-state index in [2.05, 4.69) is 18.7 Å². The van der Waals surface area contributed by atoms with E-state index in [1.165, 1.54) is 18.4 Å². The molecule has 1 fully saturated rings. The Kier molecular flexibility index (Phi) is 3.83. The molecule has 1 unspecified atom stereocenters. The maximum Gasteiger partial charge on any atom is 0.323 e. The highest BCUT2D eigenvalue weighted by Crippen LogP contribution is 2.42. The van der Waals surface area contributed by atoms with E-state index in [4.69, 9.17) is 0 Å². The Balaban J connectivity index is 2.30. The Labute approximate surface area is 115 Å². The molecule has 1 aromatic carbocycles. The van der Waals surface area contributed by atoms with Crippen LogP contribution < -0.4 is 4.90 Å². The Bertz CT molecular complexity index is 450. The molecular weight excluding hydrogens is 238 g/mol. The molecule has 1 aromatic rings. The van der Waals surface area contributed by atoms with Gasteiger partial charge in [0.25, 0.3) is 0 Å². The van der Waals surface area contributed by atoms with Crippen molar-refractivity contribution in [1.29, 1.82) is 0 Å². The maximum atomic E-state index is 11.2. The summed E-state index contributed by atoms with van der Waals surface area (Å²) in [6, 6.07) is 8.48. The van der Waals surface area contributed by atoms with Gasteiger partial charge < -0.3 is 10.0 Å². The number of aliphatic carboxylic acids is 1. The fourth-order valence-electron chi connectivity index (χ4n) is 3.15. The van der Waals surface area contributed by atoms with Gasteiger partial charge in [-0.15, -0.1) is 0 Å². The fourth-order valence-corrected chi connectivity index (χ4v) is 3.15. The Morgan fingerprint density at radius 3 is 2.47 bits per heavy atom. The van der Waals surface area contributed by atoms with Crippen LogP contribution >= 0.6 is 0 Å². The van der Waals surface area contributed by atoms with E-state index >= 15 is 0 Å². The average molecular weight is 261 g/mol. The van der Waals surface area contributed by atoms with Crippen LogP contribution in [0.25, 0.3) is 0 Å². The van der Waals surface area contributed by atoms with Crippen LogP contribution in [0, 0.1) is 12.3 Å². The summed E-state index contributed by atoms with van der Waals surface area (Å²) in [5.41, 5.74) is 2.40. The van der Waals surface area contributed by atoms with E-state index in [1.54, 1.807) is 0 Å². The number of carboxylic acid groups (broad SMARTS) is 1. The number of aryl methyl sites for hydroxylation is 1. The molecule has 3 nitrogen and oxygen atoms in total. The van der Waals surface area contributed by atoms with Gasteiger partial charge in [0.1, 0.15) is 6.54 Å². The van der Waals surface area contributed by atoms with Gasteiger partial charge in [-0.05, 0) is 37.3 Å². The molecule has 1 aliphatic carbocycles. The van der Waals surface area contributed by atoms with E-state index in [9.17, 15) is 9.90 Å². The summed E-state index contributed by atoms with van der Waals surface area (Å²) in [6.07, 6.45) is 3.42. The minimum Gasteiger partial charge on any atom is -0.480 e. The van der Waals surface area contributed by atoms with Gasteiger partial charge in [-0.1, -0.05) is 38.0 Å². The summed E-state index contributed by atoms with van der Waals surface area (Å²) in [4.78, 5) is 13.2. The normalized spacial score (nSPS) is 21.3. The standard InChI is InChI=1S/C16H23NO2/c1-12-6-8-13(9-7-12)17(11-15(18)19)14-5-4-10-16(14,2)3/h6-9,14H,4-5,10-11H2,1-3H3,(H,18,19). The molecule has 0 spiro atoms. The smallest absolute Gasteiger partial charge is 0.323 e. The lowest BCUT2D eigenvalue weighted by Crippen LogP contribution is -2.44. The van der Waals surface area contributed by atoms with Gasteiger partial charge in [0.2, 0.25) is 0 Å². The van der Waals surface area contributed by atoms with Gasteiger partial charge in [-0.25, -0.2) is 0 Å². The predicted octanol–water partition coefficient (Wildman–Crippen LogP) is 3.46. The molecule has 1 atom stereocenters. The average Bonchev–Trinajstić information content (AvgIpc) is 2.67. The molecule has 1 aliphatic rings. The maximum absolute atomic E-state index is 11.2. The molecule has 104 valence electrons. The van der Waals surface area contributed by atoms with Crippen molar-refractivity contribution in [3.8, 4) is 0 Å². The highest BCUT2D eigenvalue weighted by atomic mass is 16.4. The first-order chi connectivity index (χ1) is 8.90. The van der Waals surface area contributed by atoms with E-state index in [0.29, 0.717) is 6.04 Å². The first-order valence-corrected chi connectivity index (χ1v) is 6.95. The summed E-state index contributed by atoms with van der Waals surface area (Å²) in [5.74, 6) is -0.761. The highest BCUT2D eigenvalue weighted by molar-refractivity contribution is 5.74. The van der Waals surface area contributed by atoms with Crippen molar-refractivity contribution in [2.24, 2.45) is 5.41 Å². The second-order valence-corrected chi connectivity index (χ2v) is 6.25. The lowest BCUT2D eigenvalue weighted by atomic mass is 9.86. The third-order valence-corrected chi connectivity index (χ3v) is 4.25. The number of rotatable bonds is 4. The van der Waals surface area contributed by atoms with E-state index < -0.39 is 5.97 Å². The third-order valence-electron chi connectivity index (χ3n) is 4.25. The fraction of sp³-hybridized carbons (Fsp3) is 0.562. The minimum absolute atomic E-state index is 0.0805. The molecule has 3 heteroatoms. The zero-order chi connectivity index (χ0) is 14.0. The number of nitrogens with zero attached hydrogens (tertiary/aromatic N) is 1. The zero-order valence-electron chi connectivity index (χ0n) is 12.0. The molecule has 0 bridgehead atoms. The second kappa shape index (κ2) is 5.24. The van der Waals surface area contributed by atoms with Crippen molar-refractivity contribution in [3.63, 3.8) is 0 Å². The quantitative estimate of drug-likeness (QED) is 0.902. The number of benzene rings is 1. The lowest BCUT2D eigenvalue weighted by molar-refractivity contribution is -0.135. The molecule has 0 radical (unpaired) electrons. The Morgan fingerprint density at radius 2 is 2.00 bits per heavy atom. The van der Waals surface area contributed by atoms with Gasteiger partial charge >= 0.3 is 5.97 Å². The van der Waals surface area contributed by atoms with Crippen molar-refractivity contribution >= 4 is 11.7 Å². The topological polar surface area (TPSA) is 40.5 Å². The highest BCUT2D eigenvalue weighted by Gasteiger charge is 2.39. The van der Waals surface area contributed by atoms with Gasteiger partial charge in [0.15, 0.2) is 0 Å². The van der Waals surface area contributed by atoms with Crippen molar-refractivity contribution < 1.29 is 9.90 Å². The zero-order valence-corrected chi connectivity index (χ0v) is 12.0. The molecule has 19 heavy (non-hydrogen) atoms. The number of hydrogen-bond donors (Lipinski definition) is 1. The molecule has 2 rings (SSSR count). The molecule has 0 saturated heterocycles. The van der Waals surface area contributed by atoms with Gasteiger partial charge in [0, 0.05) is 11.7 Å². The van der Waals surface area contributed by atoms with Crippen LogP contribution in [0.5, 0.6) is 0 Å². The third kappa shape index (κ3) is 3.09. The van der Waals surface area contributed by atoms with Gasteiger partial charge in [0.05, 0.1) is 0 Å². The predicted molar refractivity (Wildman–Crippen MR) is 77.6 cm³/mol. The summed E-state index contributed by atoms with van der Waals surface area (Å²) < 4.78 is 0. The van der Waals surface area contributed by atoms with Crippen LogP contribution in [-0.2, 0) is 4.79 Å². The lowest BCUT2D eigenvalue weighted by Gasteiger charge is -2.38. The van der Waals surface area contributed by atoms with Crippen LogP contribution in [0.15, 0.2) is 24.3 Å². The molecule has 0 aliphatic heterocycles. The number of anilines is 1. The molecule has 0 amide bonds. The van der Waals surface area contributed by atoms with E-state index in [-0.39, 0.29) is 12.0 Å². The van der Waals surface area contributed by atoms with Crippen molar-refractivity contribution in [3.05, 3.63) is 29.8 Å². The minimum atomic E-state index is -0.761. The van der Waals surface area contributed by atoms with E-state index in [0.717, 1.165) is 12.1 Å². The van der Waals surface area contributed by atoms with Crippen molar-refractivity contribution in [1.82, 2.24) is 0 Å². The largest absolute Gasteiger partial charge is 0.480 e. The van der Waals surface area contributed by atoms with E-state index in [1.807, 2.05) is 31.2 Å². The summed E-state index contributed by atoms with van der Waals surface area (Å²) in [5, 5.41) is 9.19. The Morgan fingerprint density at radius 1 is 1.37 bits per heavy atom. The number of carbonyl (C=O) groups is 1. The Hall–Kier alpha value is -1.51. The van der Waals surface area contributed by atoms with Crippen LogP contribution in [-0.4, -0.2) is 23.7 Å². The number of carboxylic acids is 1. The summed E-state index contributed by atoms with van der Waals surface area (Å²) >= 11 is 0. The molecule has 1 N–H and O–H groups in total. The molecular formula is C16H23NO2. The summed E-state index contributed by atoms with van der Waals surface area (Å²) in [7, 11) is 0. The first-order valence-electron chi connectivity index (χ1n) is 6.95. The monoisotopic (exact) mass is 261 g/mol. The second-order valence-electron chi connectivity index (χ2n) is 6.25. The van der Waals surface area contributed by atoms with Crippen molar-refractivity contribution in [2.75, 3.05) is 11.4 Å². The first kappa shape index (κ1) is 13.9. The van der Waals surface area contributed by atoms with Gasteiger partial charge in [-0.2, -0.15) is 0 Å². The van der Waals surface area contributed by atoms with Crippen LogP contribution in [0.4, 0.5) is 5.69 Å². The van der Waals surface area contributed by atoms with Crippen LogP contribution in [0.1, 0.15) is 38.7 Å². The molecule has 1 saturated carbocycles.